The van der Waals surface area contributed by atoms with Crippen LogP contribution >= 0.6 is 0 Å². The topological polar surface area (TPSA) is 112 Å². The second-order valence-electron chi connectivity index (χ2n) is 7.50. The standard InChI is InChI=1S/C22H18F3N5O2S/c1-13-18(12-27)20(17-8-7-14(11-26)9-19(17)33(3,28)32)29(2)21(31)30(13)16-6-4-5-15(10-16)22(23,24)25/h4-10,20,28H,1-3H3/t20-,33-/m1/s1. The Morgan fingerprint density at radius 2 is 1.79 bits per heavy atom. The van der Waals surface area contributed by atoms with Crippen molar-refractivity contribution in [3.63, 3.8) is 0 Å². The summed E-state index contributed by atoms with van der Waals surface area (Å²) in [7, 11) is -1.99. The number of allylic oxidation sites excluding steroid dienone is 1. The zero-order valence-electron chi connectivity index (χ0n) is 17.8. The molecule has 0 bridgehead atoms. The normalized spacial score (nSPS) is 18.5. The lowest BCUT2D eigenvalue weighted by atomic mass is 9.93. The van der Waals surface area contributed by atoms with Crippen molar-refractivity contribution in [1.82, 2.24) is 4.90 Å². The predicted octanol–water partition coefficient (Wildman–Crippen LogP) is 5.02. The zero-order chi connectivity index (χ0) is 24.7. The van der Waals surface area contributed by atoms with Gasteiger partial charge in [-0.05, 0) is 42.8 Å². The Balaban J connectivity index is 2.25. The number of amides is 2. The van der Waals surface area contributed by atoms with Crippen molar-refractivity contribution in [2.75, 3.05) is 18.2 Å². The number of likely N-dealkylation sites (N-methyl/N-ethyl adjacent to an activating group) is 1. The van der Waals surface area contributed by atoms with Crippen LogP contribution in [0.15, 0.2) is 58.6 Å². The molecule has 1 heterocycles. The molecule has 170 valence electrons. The first-order valence-electron chi connectivity index (χ1n) is 9.44. The number of halogens is 3. The van der Waals surface area contributed by atoms with Crippen LogP contribution in [0.4, 0.5) is 23.7 Å². The Bertz CT molecular complexity index is 1370. The lowest BCUT2D eigenvalue weighted by Gasteiger charge is -2.40. The molecular formula is C22H18F3N5O2S. The summed E-state index contributed by atoms with van der Waals surface area (Å²) in [6.45, 7) is 1.43. The molecule has 0 spiro atoms. The summed E-state index contributed by atoms with van der Waals surface area (Å²) >= 11 is 0. The van der Waals surface area contributed by atoms with Crippen molar-refractivity contribution in [2.45, 2.75) is 24.0 Å². The van der Waals surface area contributed by atoms with Crippen LogP contribution in [-0.2, 0) is 15.9 Å². The van der Waals surface area contributed by atoms with Gasteiger partial charge in [-0.25, -0.2) is 13.8 Å². The highest BCUT2D eigenvalue weighted by atomic mass is 32.2. The molecule has 0 aromatic heterocycles. The van der Waals surface area contributed by atoms with Crippen LogP contribution in [0.5, 0.6) is 0 Å². The Labute approximate surface area is 188 Å². The van der Waals surface area contributed by atoms with Crippen molar-refractivity contribution >= 4 is 21.4 Å². The van der Waals surface area contributed by atoms with Gasteiger partial charge in [0, 0.05) is 19.0 Å². The summed E-state index contributed by atoms with van der Waals surface area (Å²) in [5.74, 6) is 0. The Hall–Kier alpha value is -3.83. The van der Waals surface area contributed by atoms with Gasteiger partial charge < -0.3 is 4.90 Å². The van der Waals surface area contributed by atoms with Crippen LogP contribution in [0, 0.1) is 27.4 Å². The quantitative estimate of drug-likeness (QED) is 0.674. The Morgan fingerprint density at radius 3 is 2.33 bits per heavy atom. The van der Waals surface area contributed by atoms with Gasteiger partial charge in [-0.1, -0.05) is 12.1 Å². The lowest BCUT2D eigenvalue weighted by molar-refractivity contribution is -0.137. The van der Waals surface area contributed by atoms with E-state index in [2.05, 4.69) is 0 Å². The number of alkyl halides is 3. The van der Waals surface area contributed by atoms with Gasteiger partial charge in [0.2, 0.25) is 0 Å². The molecule has 1 N–H and O–H groups in total. The summed E-state index contributed by atoms with van der Waals surface area (Å²) in [6, 6.07) is 10.5. The number of nitrogens with one attached hydrogen (secondary N) is 1. The minimum atomic E-state index is -4.62. The van der Waals surface area contributed by atoms with E-state index in [1.165, 1.54) is 44.3 Å². The molecule has 7 nitrogen and oxygen atoms in total. The number of rotatable bonds is 3. The number of hydrogen-bond donors (Lipinski definition) is 1. The van der Waals surface area contributed by atoms with E-state index < -0.39 is 33.5 Å². The molecule has 3 rings (SSSR count). The first kappa shape index (κ1) is 23.8. The van der Waals surface area contributed by atoms with Gasteiger partial charge in [0.25, 0.3) is 0 Å². The van der Waals surface area contributed by atoms with Crippen LogP contribution in [-0.4, -0.2) is 28.4 Å². The third-order valence-corrected chi connectivity index (χ3v) is 6.48. The van der Waals surface area contributed by atoms with Gasteiger partial charge >= 0.3 is 12.2 Å². The summed E-state index contributed by atoms with van der Waals surface area (Å²) < 4.78 is 60.3. The molecule has 33 heavy (non-hydrogen) atoms. The van der Waals surface area contributed by atoms with Gasteiger partial charge in [-0.15, -0.1) is 0 Å². The van der Waals surface area contributed by atoms with E-state index in [0.29, 0.717) is 0 Å². The molecular weight excluding hydrogens is 455 g/mol. The third kappa shape index (κ3) is 4.28. The van der Waals surface area contributed by atoms with E-state index >= 15 is 0 Å². The molecule has 2 aromatic carbocycles. The number of nitriles is 2. The van der Waals surface area contributed by atoms with Crippen LogP contribution in [0.1, 0.15) is 29.7 Å². The average molecular weight is 473 g/mol. The highest BCUT2D eigenvalue weighted by Crippen LogP contribution is 2.41. The zero-order valence-corrected chi connectivity index (χ0v) is 18.6. The molecule has 0 saturated carbocycles. The van der Waals surface area contributed by atoms with Crippen molar-refractivity contribution in [3.8, 4) is 12.1 Å². The van der Waals surface area contributed by atoms with E-state index in [-0.39, 0.29) is 33.0 Å². The second kappa shape index (κ2) is 8.26. The lowest BCUT2D eigenvalue weighted by Crippen LogP contribution is -2.47. The number of carbonyl (C=O) groups excluding carboxylic acids is 1. The van der Waals surface area contributed by atoms with Crippen LogP contribution in [0.25, 0.3) is 0 Å². The molecule has 2 aromatic rings. The maximum Gasteiger partial charge on any atom is 0.416 e. The first-order valence-corrected chi connectivity index (χ1v) is 11.4. The number of benzene rings is 2. The van der Waals surface area contributed by atoms with E-state index in [1.807, 2.05) is 12.1 Å². The van der Waals surface area contributed by atoms with Crippen LogP contribution in [0.2, 0.25) is 0 Å². The molecule has 0 unspecified atom stereocenters. The summed E-state index contributed by atoms with van der Waals surface area (Å²) in [6.07, 6.45) is -3.46. The van der Waals surface area contributed by atoms with E-state index in [4.69, 9.17) is 4.78 Å². The van der Waals surface area contributed by atoms with Gasteiger partial charge in [-0.3, -0.25) is 4.90 Å². The van der Waals surface area contributed by atoms with Gasteiger partial charge in [0.1, 0.15) is 0 Å². The molecule has 2 amide bonds. The van der Waals surface area contributed by atoms with Crippen molar-refractivity contribution in [3.05, 3.63) is 70.4 Å². The molecule has 2 atom stereocenters. The fourth-order valence-electron chi connectivity index (χ4n) is 3.72. The molecule has 0 aliphatic carbocycles. The van der Waals surface area contributed by atoms with Gasteiger partial charge in [0.15, 0.2) is 0 Å². The van der Waals surface area contributed by atoms with Crippen LogP contribution < -0.4 is 4.90 Å². The molecule has 0 saturated heterocycles. The fraction of sp³-hybridized carbons (Fsp3) is 0.227. The number of anilines is 1. The minimum Gasteiger partial charge on any atom is -0.315 e. The largest absolute Gasteiger partial charge is 0.416 e. The molecule has 1 aliphatic rings. The van der Waals surface area contributed by atoms with Gasteiger partial charge in [0.05, 0.1) is 55.2 Å². The summed E-state index contributed by atoms with van der Waals surface area (Å²) in [5, 5.41) is 19.1. The molecule has 1 aliphatic heterocycles. The number of urea groups is 1. The van der Waals surface area contributed by atoms with Crippen molar-refractivity contribution < 1.29 is 22.2 Å². The van der Waals surface area contributed by atoms with E-state index in [0.717, 1.165) is 28.2 Å². The predicted molar refractivity (Wildman–Crippen MR) is 114 cm³/mol. The summed E-state index contributed by atoms with van der Waals surface area (Å²) in [5.41, 5.74) is -0.488. The molecule has 11 heteroatoms. The monoisotopic (exact) mass is 473 g/mol. The van der Waals surface area contributed by atoms with Crippen molar-refractivity contribution in [2.24, 2.45) is 0 Å². The van der Waals surface area contributed by atoms with E-state index in [9.17, 15) is 32.7 Å². The highest BCUT2D eigenvalue weighted by Gasteiger charge is 2.40. The second-order valence-corrected chi connectivity index (χ2v) is 9.63. The van der Waals surface area contributed by atoms with Gasteiger partial charge in [-0.2, -0.15) is 23.7 Å². The first-order chi connectivity index (χ1) is 15.3. The van der Waals surface area contributed by atoms with Crippen LogP contribution in [0.3, 0.4) is 0 Å². The van der Waals surface area contributed by atoms with Crippen molar-refractivity contribution in [1.29, 1.82) is 15.3 Å². The average Bonchev–Trinajstić information content (AvgIpc) is 2.75. The number of nitrogens with zero attached hydrogens (tertiary/aromatic N) is 4. The molecule has 0 fully saturated rings. The Morgan fingerprint density at radius 1 is 1.12 bits per heavy atom. The number of carbonyl (C=O) groups is 1. The van der Waals surface area contributed by atoms with E-state index in [1.54, 1.807) is 0 Å². The smallest absolute Gasteiger partial charge is 0.315 e. The summed E-state index contributed by atoms with van der Waals surface area (Å²) in [4.78, 5) is 15.4. The highest BCUT2D eigenvalue weighted by molar-refractivity contribution is 7.91. The Kier molecular flexibility index (Phi) is 5.96. The molecule has 0 radical (unpaired) electrons. The maximum absolute atomic E-state index is 13.3. The minimum absolute atomic E-state index is 0.000677. The fourth-order valence-corrected chi connectivity index (χ4v) is 4.70. The number of hydrogen-bond acceptors (Lipinski definition) is 5. The SMILES string of the molecule is CC1=C(C#N)[C@@H](c2ccc(C#N)cc2[S@](C)(=N)=O)N(C)C(=O)N1c1cccc(C(F)(F)F)c1. The maximum atomic E-state index is 13.3. The third-order valence-electron chi connectivity index (χ3n) is 5.29.